The van der Waals surface area contributed by atoms with Crippen LogP contribution in [0.5, 0.6) is 0 Å². The van der Waals surface area contributed by atoms with Crippen LogP contribution in [0.1, 0.15) is 53.8 Å². The lowest BCUT2D eigenvalue weighted by Gasteiger charge is -2.34. The summed E-state index contributed by atoms with van der Waals surface area (Å²) in [6, 6.07) is 4.04. The molecule has 0 radical (unpaired) electrons. The average molecular weight is 371 g/mol. The zero-order valence-corrected chi connectivity index (χ0v) is 16.7. The number of aliphatic hydroxyl groups is 1. The number of carbonyl (C=O) groups excluding carboxylic acids is 1. The number of hydrogen-bond acceptors (Lipinski definition) is 5. The number of rotatable bonds is 4. The summed E-state index contributed by atoms with van der Waals surface area (Å²) in [5.41, 5.74) is 2.13. The molecule has 146 valence electrons. The van der Waals surface area contributed by atoms with Crippen molar-refractivity contribution in [3.63, 3.8) is 0 Å². The lowest BCUT2D eigenvalue weighted by Crippen LogP contribution is -2.48. The van der Waals surface area contributed by atoms with Gasteiger partial charge in [0.1, 0.15) is 11.5 Å². The summed E-state index contributed by atoms with van der Waals surface area (Å²) in [6.45, 7) is 11.6. The Balaban J connectivity index is 1.70. The highest BCUT2D eigenvalue weighted by molar-refractivity contribution is 5.97. The fraction of sp³-hybridized carbons (Fsp3) is 0.524. The van der Waals surface area contributed by atoms with Gasteiger partial charge in [-0.1, -0.05) is 20.8 Å². The van der Waals surface area contributed by atoms with Crippen molar-refractivity contribution >= 4 is 5.91 Å². The smallest absolute Gasteiger partial charge is 0.257 e. The zero-order chi connectivity index (χ0) is 19.6. The van der Waals surface area contributed by atoms with Crippen molar-refractivity contribution in [1.29, 1.82) is 0 Å². The Morgan fingerprint density at radius 3 is 2.37 bits per heavy atom. The maximum atomic E-state index is 13.1. The van der Waals surface area contributed by atoms with Crippen molar-refractivity contribution in [2.24, 2.45) is 0 Å². The van der Waals surface area contributed by atoms with Crippen LogP contribution in [0.2, 0.25) is 0 Å². The highest BCUT2D eigenvalue weighted by Crippen LogP contribution is 2.33. The number of carbonyl (C=O) groups is 1. The molecule has 0 aromatic carbocycles. The van der Waals surface area contributed by atoms with Gasteiger partial charge in [0.05, 0.1) is 12.2 Å². The maximum absolute atomic E-state index is 13.1. The van der Waals surface area contributed by atoms with E-state index in [0.29, 0.717) is 35.7 Å². The van der Waals surface area contributed by atoms with Gasteiger partial charge in [0, 0.05) is 56.1 Å². The third-order valence-electron chi connectivity index (χ3n) is 5.05. The van der Waals surface area contributed by atoms with Crippen LogP contribution in [0.15, 0.2) is 28.9 Å². The van der Waals surface area contributed by atoms with Gasteiger partial charge in [-0.15, -0.1) is 0 Å². The average Bonchev–Trinajstić information content (AvgIpc) is 2.99. The number of aromatic nitrogens is 1. The fourth-order valence-corrected chi connectivity index (χ4v) is 3.64. The Hall–Kier alpha value is -2.18. The molecule has 1 aliphatic rings. The second kappa shape index (κ2) is 7.82. The summed E-state index contributed by atoms with van der Waals surface area (Å²) < 4.78 is 5.89. The molecular formula is C21H29N3O3. The van der Waals surface area contributed by atoms with Gasteiger partial charge in [0.15, 0.2) is 0 Å². The van der Waals surface area contributed by atoms with E-state index < -0.39 is 0 Å². The molecule has 1 N–H and O–H groups in total. The van der Waals surface area contributed by atoms with Gasteiger partial charge < -0.3 is 14.4 Å². The predicted octanol–water partition coefficient (Wildman–Crippen LogP) is 2.73. The third-order valence-corrected chi connectivity index (χ3v) is 5.05. The summed E-state index contributed by atoms with van der Waals surface area (Å²) in [7, 11) is 0. The van der Waals surface area contributed by atoms with Crippen LogP contribution in [-0.4, -0.2) is 52.0 Å². The van der Waals surface area contributed by atoms with Gasteiger partial charge in [-0.25, -0.2) is 0 Å². The molecule has 0 bridgehead atoms. The van der Waals surface area contributed by atoms with Crippen molar-refractivity contribution in [2.75, 3.05) is 26.2 Å². The first-order chi connectivity index (χ1) is 12.8. The van der Waals surface area contributed by atoms with Crippen LogP contribution < -0.4 is 0 Å². The van der Waals surface area contributed by atoms with Gasteiger partial charge in [-0.2, -0.15) is 0 Å². The van der Waals surface area contributed by atoms with Gasteiger partial charge in [0.2, 0.25) is 0 Å². The van der Waals surface area contributed by atoms with E-state index in [1.165, 1.54) is 5.56 Å². The van der Waals surface area contributed by atoms with Gasteiger partial charge in [0.25, 0.3) is 5.91 Å². The Bertz CT molecular complexity index is 785. The first-order valence-electron chi connectivity index (χ1n) is 9.45. The Kier molecular flexibility index (Phi) is 5.67. The monoisotopic (exact) mass is 371 g/mol. The highest BCUT2D eigenvalue weighted by Gasteiger charge is 2.32. The number of aryl methyl sites for hydroxylation is 1. The molecule has 1 saturated heterocycles. The number of aliphatic hydroxyl groups excluding tert-OH is 1. The topological polar surface area (TPSA) is 69.8 Å². The van der Waals surface area contributed by atoms with Gasteiger partial charge >= 0.3 is 0 Å². The Labute approximate surface area is 160 Å². The molecule has 0 unspecified atom stereocenters. The predicted molar refractivity (Wildman–Crippen MR) is 103 cm³/mol. The molecule has 6 nitrogen and oxygen atoms in total. The van der Waals surface area contributed by atoms with E-state index in [-0.39, 0.29) is 17.9 Å². The number of pyridine rings is 1. The molecule has 0 aliphatic carbocycles. The molecule has 1 fully saturated rings. The van der Waals surface area contributed by atoms with E-state index >= 15 is 0 Å². The minimum atomic E-state index is -0.259. The zero-order valence-electron chi connectivity index (χ0n) is 16.7. The Morgan fingerprint density at radius 2 is 1.81 bits per heavy atom. The van der Waals surface area contributed by atoms with Gasteiger partial charge in [-0.05, 0) is 24.6 Å². The van der Waals surface area contributed by atoms with E-state index in [4.69, 9.17) is 4.42 Å². The first kappa shape index (κ1) is 19.6. The van der Waals surface area contributed by atoms with E-state index in [1.807, 2.05) is 37.8 Å². The quantitative estimate of drug-likeness (QED) is 0.895. The second-order valence-electron chi connectivity index (χ2n) is 8.17. The molecule has 2 aromatic rings. The standard InChI is InChI=1S/C21H29N3O3/c1-15-18(17(14-25)19(27-15)21(2,3)4)20(26)24-11-9-23(10-12-24)13-16-5-7-22-8-6-16/h5-8,25H,9-14H2,1-4H3. The maximum Gasteiger partial charge on any atom is 0.257 e. The van der Waals surface area contributed by atoms with Crippen LogP contribution in [0.25, 0.3) is 0 Å². The number of hydrogen-bond donors (Lipinski definition) is 1. The Morgan fingerprint density at radius 1 is 1.19 bits per heavy atom. The van der Waals surface area contributed by atoms with Crippen molar-refractivity contribution in [3.8, 4) is 0 Å². The van der Waals surface area contributed by atoms with E-state index in [0.717, 1.165) is 19.6 Å². The molecule has 6 heteroatoms. The van der Waals surface area contributed by atoms with Crippen LogP contribution in [0.4, 0.5) is 0 Å². The summed E-state index contributed by atoms with van der Waals surface area (Å²) in [5.74, 6) is 1.25. The molecule has 2 aromatic heterocycles. The van der Waals surface area contributed by atoms with E-state index in [9.17, 15) is 9.90 Å². The highest BCUT2D eigenvalue weighted by atomic mass is 16.3. The van der Waals surface area contributed by atoms with Crippen molar-refractivity contribution < 1.29 is 14.3 Å². The SMILES string of the molecule is Cc1oc(C(C)(C)C)c(CO)c1C(=O)N1CCN(Cc2ccncc2)CC1. The number of nitrogens with zero attached hydrogens (tertiary/aromatic N) is 3. The molecule has 0 atom stereocenters. The molecule has 3 rings (SSSR count). The van der Waals surface area contributed by atoms with E-state index in [1.54, 1.807) is 19.3 Å². The van der Waals surface area contributed by atoms with Gasteiger partial charge in [-0.3, -0.25) is 14.7 Å². The van der Waals surface area contributed by atoms with Crippen LogP contribution in [-0.2, 0) is 18.6 Å². The van der Waals surface area contributed by atoms with Crippen LogP contribution in [0, 0.1) is 6.92 Å². The molecule has 1 aliphatic heterocycles. The summed E-state index contributed by atoms with van der Waals surface area (Å²) in [6.07, 6.45) is 3.61. The van der Waals surface area contributed by atoms with Crippen LogP contribution in [0.3, 0.4) is 0 Å². The molecule has 0 saturated carbocycles. The molecule has 27 heavy (non-hydrogen) atoms. The summed E-state index contributed by atoms with van der Waals surface area (Å²) in [4.78, 5) is 21.4. The molecule has 3 heterocycles. The fourth-order valence-electron chi connectivity index (χ4n) is 3.64. The van der Waals surface area contributed by atoms with Crippen molar-refractivity contribution in [3.05, 3.63) is 52.7 Å². The van der Waals surface area contributed by atoms with Crippen molar-refractivity contribution in [1.82, 2.24) is 14.8 Å². The third kappa shape index (κ3) is 4.22. The lowest BCUT2D eigenvalue weighted by molar-refractivity contribution is 0.0624. The van der Waals surface area contributed by atoms with Crippen molar-refractivity contribution in [2.45, 2.75) is 46.3 Å². The number of furan rings is 1. The summed E-state index contributed by atoms with van der Waals surface area (Å²) in [5, 5.41) is 9.89. The summed E-state index contributed by atoms with van der Waals surface area (Å²) >= 11 is 0. The van der Waals surface area contributed by atoms with E-state index in [2.05, 4.69) is 9.88 Å². The first-order valence-corrected chi connectivity index (χ1v) is 9.45. The number of piperazine rings is 1. The lowest BCUT2D eigenvalue weighted by atomic mass is 9.89. The molecule has 1 amide bonds. The second-order valence-corrected chi connectivity index (χ2v) is 8.17. The molecule has 0 spiro atoms. The largest absolute Gasteiger partial charge is 0.465 e. The normalized spacial score (nSPS) is 16.0. The van der Waals surface area contributed by atoms with Crippen LogP contribution >= 0.6 is 0 Å². The minimum absolute atomic E-state index is 0.0423. The molecular weight excluding hydrogens is 342 g/mol. The minimum Gasteiger partial charge on any atom is -0.465 e. The number of amides is 1.